The van der Waals surface area contributed by atoms with Gasteiger partial charge < -0.3 is 14.9 Å². The summed E-state index contributed by atoms with van der Waals surface area (Å²) in [5.74, 6) is -3.35. The van der Waals surface area contributed by atoms with Gasteiger partial charge in [0.2, 0.25) is 0 Å². The number of Topliss-reactive ketones (excluding diaryl/α,β-unsaturated/α-hetero) is 3. The van der Waals surface area contributed by atoms with Crippen molar-refractivity contribution in [2.75, 3.05) is 6.61 Å². The number of carboxylic acids is 2. The lowest BCUT2D eigenvalue weighted by molar-refractivity contribution is -0.145. The zero-order chi connectivity index (χ0) is 19.0. The Labute approximate surface area is 133 Å². The largest absolute Gasteiger partial charge is 0.481 e. The van der Waals surface area contributed by atoms with Crippen molar-refractivity contribution in [3.63, 3.8) is 0 Å². The molecule has 0 aliphatic heterocycles. The Hall–Kier alpha value is -2.58. The van der Waals surface area contributed by atoms with Gasteiger partial charge in [-0.25, -0.2) is 0 Å². The van der Waals surface area contributed by atoms with Crippen molar-refractivity contribution in [1.82, 2.24) is 0 Å². The fourth-order valence-corrected chi connectivity index (χ4v) is 0.841. The summed E-state index contributed by atoms with van der Waals surface area (Å²) in [6.45, 7) is 5.89. The van der Waals surface area contributed by atoms with Crippen molar-refractivity contribution >= 4 is 35.3 Å². The number of carbonyl (C=O) groups is 6. The second-order valence-electron chi connectivity index (χ2n) is 4.23. The molecule has 2 N–H and O–H groups in total. The van der Waals surface area contributed by atoms with Crippen molar-refractivity contribution in [2.45, 2.75) is 47.0 Å². The highest BCUT2D eigenvalue weighted by molar-refractivity contribution is 5.94. The monoisotopic (exact) mass is 334 g/mol. The van der Waals surface area contributed by atoms with Gasteiger partial charge in [0, 0.05) is 0 Å². The molecule has 0 spiro atoms. The van der Waals surface area contributed by atoms with E-state index in [9.17, 15) is 28.8 Å². The number of rotatable bonds is 7. The van der Waals surface area contributed by atoms with Crippen LogP contribution in [0.3, 0.4) is 0 Å². The summed E-state index contributed by atoms with van der Waals surface area (Å²) < 4.78 is 4.49. The molecule has 132 valence electrons. The smallest absolute Gasteiger partial charge is 0.313 e. The Morgan fingerprint density at radius 3 is 1.13 bits per heavy atom. The number of carboxylic acid groups (broad SMARTS) is 2. The average Bonchev–Trinajstić information content (AvgIpc) is 2.25. The van der Waals surface area contributed by atoms with E-state index in [0.29, 0.717) is 6.61 Å². The number of hydrogen-bond acceptors (Lipinski definition) is 7. The highest BCUT2D eigenvalue weighted by Gasteiger charge is 2.03. The topological polar surface area (TPSA) is 152 Å². The second kappa shape index (κ2) is 15.8. The maximum absolute atomic E-state index is 10.4. The van der Waals surface area contributed by atoms with Crippen LogP contribution in [0.2, 0.25) is 0 Å². The van der Waals surface area contributed by atoms with Gasteiger partial charge in [-0.15, -0.1) is 0 Å². The van der Waals surface area contributed by atoms with Crippen LogP contribution in [0.25, 0.3) is 0 Å². The molecule has 0 saturated heterocycles. The molecule has 0 aromatic heterocycles. The van der Waals surface area contributed by atoms with Crippen LogP contribution >= 0.6 is 0 Å². The van der Waals surface area contributed by atoms with Crippen molar-refractivity contribution in [2.24, 2.45) is 0 Å². The summed E-state index contributed by atoms with van der Waals surface area (Å²) in [7, 11) is 0. The van der Waals surface area contributed by atoms with E-state index in [1.54, 1.807) is 6.92 Å². The molecule has 9 nitrogen and oxygen atoms in total. The van der Waals surface area contributed by atoms with Gasteiger partial charge in [0.1, 0.15) is 36.6 Å². The first kappa shape index (κ1) is 25.4. The van der Waals surface area contributed by atoms with E-state index in [1.807, 2.05) is 0 Å². The first-order valence-corrected chi connectivity index (χ1v) is 6.49. The van der Waals surface area contributed by atoms with E-state index in [-0.39, 0.29) is 36.6 Å². The number of carbonyl (C=O) groups excluding carboxylic acids is 4. The summed E-state index contributed by atoms with van der Waals surface area (Å²) in [5, 5.41) is 15.7. The number of aliphatic carboxylic acids is 2. The number of ketones is 3. The minimum atomic E-state index is -1.06. The van der Waals surface area contributed by atoms with E-state index in [1.165, 1.54) is 20.8 Å². The third-order valence-corrected chi connectivity index (χ3v) is 1.50. The Morgan fingerprint density at radius 2 is 1.00 bits per heavy atom. The van der Waals surface area contributed by atoms with Crippen LogP contribution in [-0.2, 0) is 33.5 Å². The highest BCUT2D eigenvalue weighted by atomic mass is 16.5. The molecule has 0 aromatic rings. The van der Waals surface area contributed by atoms with E-state index in [0.717, 1.165) is 0 Å². The SMILES string of the molecule is CC(=O)CC(=O)O.CC(=O)CC(=O)O.CCOC(=O)CC(C)=O. The molecule has 0 atom stereocenters. The molecular weight excluding hydrogens is 312 g/mol. The molecular formula is C14H22O9. The van der Waals surface area contributed by atoms with E-state index < -0.39 is 17.9 Å². The second-order valence-corrected chi connectivity index (χ2v) is 4.23. The Morgan fingerprint density at radius 1 is 0.696 bits per heavy atom. The minimum absolute atomic E-state index is 0.103. The van der Waals surface area contributed by atoms with Crippen LogP contribution in [0, 0.1) is 0 Å². The van der Waals surface area contributed by atoms with Gasteiger partial charge in [-0.05, 0) is 27.7 Å². The molecule has 9 heteroatoms. The van der Waals surface area contributed by atoms with Crippen molar-refractivity contribution in [3.8, 4) is 0 Å². The zero-order valence-corrected chi connectivity index (χ0v) is 13.6. The lowest BCUT2D eigenvalue weighted by Crippen LogP contribution is -2.07. The van der Waals surface area contributed by atoms with Crippen molar-refractivity contribution < 1.29 is 43.7 Å². The van der Waals surface area contributed by atoms with Gasteiger partial charge in [-0.2, -0.15) is 0 Å². The predicted octanol–water partition coefficient (Wildman–Crippen LogP) is 0.629. The fraction of sp³-hybridized carbons (Fsp3) is 0.571. The van der Waals surface area contributed by atoms with E-state index in [2.05, 4.69) is 4.74 Å². The molecule has 0 aromatic carbocycles. The normalized spacial score (nSPS) is 8.35. The number of ether oxygens (including phenoxy) is 1. The molecule has 0 amide bonds. The maximum Gasteiger partial charge on any atom is 0.313 e. The summed E-state index contributed by atoms with van der Waals surface area (Å²) in [5.41, 5.74) is 0. The highest BCUT2D eigenvalue weighted by Crippen LogP contribution is 1.86. The summed E-state index contributed by atoms with van der Waals surface area (Å²) in [4.78, 5) is 59.6. The molecule has 0 aliphatic carbocycles. The molecule has 0 radical (unpaired) electrons. The Balaban J connectivity index is -0.000000264. The van der Waals surface area contributed by atoms with Crippen LogP contribution in [0.5, 0.6) is 0 Å². The third-order valence-electron chi connectivity index (χ3n) is 1.50. The summed E-state index contributed by atoms with van der Waals surface area (Å²) in [6.07, 6.45) is -0.826. The minimum Gasteiger partial charge on any atom is -0.481 e. The van der Waals surface area contributed by atoms with Crippen LogP contribution < -0.4 is 0 Å². The molecule has 0 fully saturated rings. The van der Waals surface area contributed by atoms with E-state index in [4.69, 9.17) is 10.2 Å². The summed E-state index contributed by atoms with van der Waals surface area (Å²) in [6, 6.07) is 0. The quantitative estimate of drug-likeness (QED) is 0.504. The predicted molar refractivity (Wildman–Crippen MR) is 77.8 cm³/mol. The van der Waals surface area contributed by atoms with Gasteiger partial charge in [0.15, 0.2) is 0 Å². The average molecular weight is 334 g/mol. The molecule has 0 unspecified atom stereocenters. The first-order chi connectivity index (χ1) is 10.4. The van der Waals surface area contributed by atoms with E-state index >= 15 is 0 Å². The molecule has 0 aliphatic rings. The molecule has 0 saturated carbocycles. The van der Waals surface area contributed by atoms with Gasteiger partial charge in [-0.1, -0.05) is 0 Å². The lowest BCUT2D eigenvalue weighted by Gasteiger charge is -1.96. The molecule has 0 heterocycles. The number of hydrogen-bond donors (Lipinski definition) is 2. The zero-order valence-electron chi connectivity index (χ0n) is 13.6. The molecule has 23 heavy (non-hydrogen) atoms. The molecule has 0 rings (SSSR count). The van der Waals surface area contributed by atoms with Crippen molar-refractivity contribution in [3.05, 3.63) is 0 Å². The van der Waals surface area contributed by atoms with Gasteiger partial charge in [-0.3, -0.25) is 28.8 Å². The maximum atomic E-state index is 10.4. The molecule has 0 bridgehead atoms. The third kappa shape index (κ3) is 38.2. The van der Waals surface area contributed by atoms with Crippen LogP contribution in [0.4, 0.5) is 0 Å². The number of esters is 1. The Kier molecular flexibility index (Phi) is 17.4. The standard InChI is InChI=1S/C6H10O3.2C4H6O3/c1-3-9-6(8)4-5(2)7;2*1-3(5)2-4(6)7/h3-4H2,1-2H3;2*2H2,1H3,(H,6,7). The van der Waals surface area contributed by atoms with Gasteiger partial charge in [0.05, 0.1) is 6.61 Å². The van der Waals surface area contributed by atoms with Gasteiger partial charge >= 0.3 is 17.9 Å². The van der Waals surface area contributed by atoms with Crippen LogP contribution in [0.1, 0.15) is 47.0 Å². The summed E-state index contributed by atoms with van der Waals surface area (Å²) >= 11 is 0. The van der Waals surface area contributed by atoms with Crippen molar-refractivity contribution in [1.29, 1.82) is 0 Å². The lowest BCUT2D eigenvalue weighted by atomic mass is 10.3. The fourth-order valence-electron chi connectivity index (χ4n) is 0.841. The first-order valence-electron chi connectivity index (χ1n) is 6.49. The van der Waals surface area contributed by atoms with Crippen LogP contribution in [0.15, 0.2) is 0 Å². The van der Waals surface area contributed by atoms with Crippen LogP contribution in [-0.4, -0.2) is 52.1 Å². The Bertz CT molecular complexity index is 388. The van der Waals surface area contributed by atoms with Gasteiger partial charge in [0.25, 0.3) is 0 Å².